The Morgan fingerprint density at radius 1 is 0.818 bits per heavy atom. The lowest BCUT2D eigenvalue weighted by atomic mass is 9.74. The number of rotatable bonds is 8. The monoisotopic (exact) mass is 452 g/mol. The van der Waals surface area contributed by atoms with Crippen LogP contribution < -0.4 is 4.74 Å². The molecule has 0 bridgehead atoms. The predicted molar refractivity (Wildman–Crippen MR) is 133 cm³/mol. The molecule has 2 aromatic rings. The molecule has 0 aromatic heterocycles. The molecular weight excluding hydrogens is 414 g/mol. The van der Waals surface area contributed by atoms with Gasteiger partial charge in [-0.25, -0.2) is 8.78 Å². The van der Waals surface area contributed by atoms with E-state index in [0.717, 1.165) is 36.2 Å². The van der Waals surface area contributed by atoms with Gasteiger partial charge in [0.15, 0.2) is 11.6 Å². The minimum atomic E-state index is -0.411. The molecule has 0 saturated heterocycles. The molecule has 2 saturated carbocycles. The fourth-order valence-electron chi connectivity index (χ4n) is 5.94. The van der Waals surface area contributed by atoms with Gasteiger partial charge < -0.3 is 4.74 Å². The van der Waals surface area contributed by atoms with Crippen LogP contribution in [0.5, 0.6) is 5.75 Å². The molecule has 0 atom stereocenters. The Balaban J connectivity index is 1.30. The third-order valence-corrected chi connectivity index (χ3v) is 8.06. The standard InChI is InChI=1S/C30H38F2O/c1-3-21-5-7-22(8-6-21)9-10-23-11-13-24(14-12-23)27-17-15-25(19-28(27)31)26-16-18-30(33-4-2)29(32)20-26/h3,15-24H,1,4-14H2,2H3. The van der Waals surface area contributed by atoms with E-state index in [9.17, 15) is 4.39 Å². The number of halogens is 2. The average Bonchev–Trinajstić information content (AvgIpc) is 2.85. The second-order valence-corrected chi connectivity index (χ2v) is 10.1. The van der Waals surface area contributed by atoms with Crippen molar-refractivity contribution in [3.05, 3.63) is 66.3 Å². The Labute approximate surface area is 198 Å². The van der Waals surface area contributed by atoms with Crippen molar-refractivity contribution in [2.45, 2.75) is 77.0 Å². The van der Waals surface area contributed by atoms with Gasteiger partial charge in [-0.1, -0.05) is 37.1 Å². The summed E-state index contributed by atoms with van der Waals surface area (Å²) in [7, 11) is 0. The number of ether oxygens (including phenoxy) is 1. The van der Waals surface area contributed by atoms with E-state index in [4.69, 9.17) is 4.74 Å². The minimum Gasteiger partial charge on any atom is -0.491 e. The highest BCUT2D eigenvalue weighted by atomic mass is 19.1. The fraction of sp³-hybridized carbons (Fsp3) is 0.533. The first-order valence-electron chi connectivity index (χ1n) is 12.9. The van der Waals surface area contributed by atoms with Crippen LogP contribution in [0.15, 0.2) is 49.1 Å². The van der Waals surface area contributed by atoms with Crippen molar-refractivity contribution in [2.24, 2.45) is 17.8 Å². The van der Waals surface area contributed by atoms with E-state index < -0.39 is 5.82 Å². The molecule has 2 fully saturated rings. The summed E-state index contributed by atoms with van der Waals surface area (Å²) in [5, 5.41) is 0. The SMILES string of the molecule is C=CC1CCC(CCC2CCC(c3ccc(-c4ccc(OCC)c(F)c4)cc3F)CC2)CC1. The smallest absolute Gasteiger partial charge is 0.165 e. The zero-order valence-electron chi connectivity index (χ0n) is 20.0. The predicted octanol–water partition coefficient (Wildman–Crippen LogP) is 9.08. The second kappa shape index (κ2) is 11.3. The minimum absolute atomic E-state index is 0.163. The highest BCUT2D eigenvalue weighted by Gasteiger charge is 2.26. The first-order valence-corrected chi connectivity index (χ1v) is 12.9. The summed E-state index contributed by atoms with van der Waals surface area (Å²) in [5.41, 5.74) is 2.21. The van der Waals surface area contributed by atoms with E-state index in [-0.39, 0.29) is 11.6 Å². The highest BCUT2D eigenvalue weighted by molar-refractivity contribution is 5.65. The summed E-state index contributed by atoms with van der Waals surface area (Å²) in [6.07, 6.45) is 14.8. The largest absolute Gasteiger partial charge is 0.491 e. The van der Waals surface area contributed by atoms with E-state index in [1.807, 2.05) is 19.1 Å². The summed E-state index contributed by atoms with van der Waals surface area (Å²) in [5.74, 6) is 2.40. The van der Waals surface area contributed by atoms with Crippen LogP contribution >= 0.6 is 0 Å². The Bertz CT molecular complexity index is 921. The first-order chi connectivity index (χ1) is 16.1. The Hall–Kier alpha value is -2.16. The molecule has 0 heterocycles. The van der Waals surface area contributed by atoms with Crippen molar-refractivity contribution in [3.63, 3.8) is 0 Å². The highest BCUT2D eigenvalue weighted by Crippen LogP contribution is 2.41. The Morgan fingerprint density at radius 2 is 1.39 bits per heavy atom. The van der Waals surface area contributed by atoms with Gasteiger partial charge >= 0.3 is 0 Å². The van der Waals surface area contributed by atoms with E-state index in [1.165, 1.54) is 57.4 Å². The summed E-state index contributed by atoms with van der Waals surface area (Å²) in [4.78, 5) is 0. The molecule has 0 unspecified atom stereocenters. The average molecular weight is 453 g/mol. The van der Waals surface area contributed by atoms with Crippen LogP contribution in [0.4, 0.5) is 8.78 Å². The van der Waals surface area contributed by atoms with Crippen LogP contribution in [-0.4, -0.2) is 6.61 Å². The third-order valence-electron chi connectivity index (χ3n) is 8.06. The molecular formula is C30H38F2O. The van der Waals surface area contributed by atoms with Gasteiger partial charge in [-0.15, -0.1) is 6.58 Å². The molecule has 0 spiro atoms. The molecule has 178 valence electrons. The second-order valence-electron chi connectivity index (χ2n) is 10.1. The normalized spacial score (nSPS) is 25.5. The van der Waals surface area contributed by atoms with Crippen LogP contribution in [0.3, 0.4) is 0 Å². The van der Waals surface area contributed by atoms with Crippen LogP contribution in [-0.2, 0) is 0 Å². The maximum Gasteiger partial charge on any atom is 0.165 e. The number of benzene rings is 2. The molecule has 4 rings (SSSR count). The number of hydrogen-bond donors (Lipinski definition) is 0. The van der Waals surface area contributed by atoms with Gasteiger partial charge in [0.2, 0.25) is 0 Å². The van der Waals surface area contributed by atoms with E-state index in [0.29, 0.717) is 23.7 Å². The summed E-state index contributed by atoms with van der Waals surface area (Å²) < 4.78 is 34.5. The maximum absolute atomic E-state index is 15.0. The van der Waals surface area contributed by atoms with Crippen LogP contribution in [0.25, 0.3) is 11.1 Å². The van der Waals surface area contributed by atoms with E-state index >= 15 is 4.39 Å². The number of hydrogen-bond acceptors (Lipinski definition) is 1. The molecule has 2 aliphatic carbocycles. The molecule has 0 radical (unpaired) electrons. The van der Waals surface area contributed by atoms with Crippen LogP contribution in [0, 0.1) is 29.4 Å². The van der Waals surface area contributed by atoms with Gasteiger partial charge in [0, 0.05) is 0 Å². The molecule has 0 aliphatic heterocycles. The van der Waals surface area contributed by atoms with Crippen molar-refractivity contribution in [1.82, 2.24) is 0 Å². The molecule has 33 heavy (non-hydrogen) atoms. The van der Waals surface area contributed by atoms with Gasteiger partial charge in [0.05, 0.1) is 6.61 Å². The quantitative estimate of drug-likeness (QED) is 0.363. The van der Waals surface area contributed by atoms with Gasteiger partial charge in [-0.3, -0.25) is 0 Å². The van der Waals surface area contributed by atoms with Crippen molar-refractivity contribution < 1.29 is 13.5 Å². The van der Waals surface area contributed by atoms with E-state index in [1.54, 1.807) is 18.2 Å². The van der Waals surface area contributed by atoms with Gasteiger partial charge in [-0.05, 0) is 117 Å². The van der Waals surface area contributed by atoms with Crippen molar-refractivity contribution in [1.29, 1.82) is 0 Å². The zero-order chi connectivity index (χ0) is 23.2. The summed E-state index contributed by atoms with van der Waals surface area (Å²) in [6.45, 7) is 6.19. The molecule has 0 N–H and O–H groups in total. The molecule has 3 heteroatoms. The summed E-state index contributed by atoms with van der Waals surface area (Å²) in [6, 6.07) is 10.2. The first kappa shape index (κ1) is 24.0. The van der Waals surface area contributed by atoms with Gasteiger partial charge in [0.1, 0.15) is 5.82 Å². The van der Waals surface area contributed by atoms with Crippen LogP contribution in [0.2, 0.25) is 0 Å². The number of allylic oxidation sites excluding steroid dienone is 1. The molecule has 2 aromatic carbocycles. The Kier molecular flexibility index (Phi) is 8.22. The van der Waals surface area contributed by atoms with E-state index in [2.05, 4.69) is 12.7 Å². The lowest BCUT2D eigenvalue weighted by molar-refractivity contribution is 0.245. The third kappa shape index (κ3) is 6.05. The Morgan fingerprint density at radius 3 is 1.94 bits per heavy atom. The maximum atomic E-state index is 15.0. The van der Waals surface area contributed by atoms with Crippen molar-refractivity contribution in [3.8, 4) is 16.9 Å². The fourth-order valence-corrected chi connectivity index (χ4v) is 5.94. The summed E-state index contributed by atoms with van der Waals surface area (Å²) >= 11 is 0. The van der Waals surface area contributed by atoms with Crippen molar-refractivity contribution >= 4 is 0 Å². The molecule has 0 amide bonds. The zero-order valence-corrected chi connectivity index (χ0v) is 20.0. The molecule has 1 nitrogen and oxygen atoms in total. The lowest BCUT2D eigenvalue weighted by Crippen LogP contribution is -2.17. The topological polar surface area (TPSA) is 9.23 Å². The lowest BCUT2D eigenvalue weighted by Gasteiger charge is -2.31. The molecule has 2 aliphatic rings. The van der Waals surface area contributed by atoms with Gasteiger partial charge in [-0.2, -0.15) is 0 Å². The van der Waals surface area contributed by atoms with Crippen LogP contribution in [0.1, 0.15) is 82.6 Å². The van der Waals surface area contributed by atoms with Crippen molar-refractivity contribution in [2.75, 3.05) is 6.61 Å². The van der Waals surface area contributed by atoms with Gasteiger partial charge in [0.25, 0.3) is 0 Å².